The molecule has 0 heterocycles. The molecule has 0 rings (SSSR count). The van der Waals surface area contributed by atoms with Crippen molar-refractivity contribution in [2.24, 2.45) is 5.92 Å². The van der Waals surface area contributed by atoms with Gasteiger partial charge < -0.3 is 4.74 Å². The Labute approximate surface area is 83.9 Å². The molecule has 0 bridgehead atoms. The van der Waals surface area contributed by atoms with E-state index < -0.39 is 11.9 Å². The summed E-state index contributed by atoms with van der Waals surface area (Å²) < 4.78 is 4.75. The quantitative estimate of drug-likeness (QED) is 0.477. The Morgan fingerprint density at radius 1 is 1.43 bits per heavy atom. The van der Waals surface area contributed by atoms with Crippen molar-refractivity contribution in [1.82, 2.24) is 0 Å². The summed E-state index contributed by atoms with van der Waals surface area (Å²) in [5, 5.41) is 8.37. The Morgan fingerprint density at radius 2 is 2.07 bits per heavy atom. The number of carbonyl (C=O) groups excluding carboxylic acids is 2. The molecule has 4 heteroatoms. The second-order valence-corrected chi connectivity index (χ2v) is 2.82. The fraction of sp³-hybridized carbons (Fsp3) is 0.700. The lowest BCUT2D eigenvalue weighted by Gasteiger charge is -2.11. The van der Waals surface area contributed by atoms with E-state index in [0.29, 0.717) is 6.42 Å². The maximum atomic E-state index is 11.3. The minimum Gasteiger partial charge on any atom is -0.465 e. The van der Waals surface area contributed by atoms with E-state index in [0.717, 1.165) is 0 Å². The average molecular weight is 197 g/mol. The van der Waals surface area contributed by atoms with Gasteiger partial charge in [-0.15, -0.1) is 0 Å². The molecule has 1 unspecified atom stereocenters. The molecule has 0 N–H and O–H groups in total. The Morgan fingerprint density at radius 3 is 2.50 bits per heavy atom. The number of hydrogen-bond acceptors (Lipinski definition) is 4. The third kappa shape index (κ3) is 4.04. The van der Waals surface area contributed by atoms with Crippen LogP contribution in [0, 0.1) is 17.2 Å². The Kier molecular flexibility index (Phi) is 6.38. The summed E-state index contributed by atoms with van der Waals surface area (Å²) in [5.74, 6) is -1.41. The van der Waals surface area contributed by atoms with Gasteiger partial charge >= 0.3 is 5.97 Å². The van der Waals surface area contributed by atoms with E-state index in [4.69, 9.17) is 10.00 Å². The van der Waals surface area contributed by atoms with Crippen molar-refractivity contribution in [3.63, 3.8) is 0 Å². The normalized spacial score (nSPS) is 11.5. The highest BCUT2D eigenvalue weighted by Gasteiger charge is 2.25. The van der Waals surface area contributed by atoms with E-state index in [9.17, 15) is 9.59 Å². The molecule has 0 fully saturated rings. The number of esters is 1. The fourth-order valence-electron chi connectivity index (χ4n) is 1.11. The van der Waals surface area contributed by atoms with Crippen molar-refractivity contribution in [3.05, 3.63) is 0 Å². The number of hydrogen-bond donors (Lipinski definition) is 0. The van der Waals surface area contributed by atoms with Gasteiger partial charge in [0.2, 0.25) is 0 Å². The first-order valence-corrected chi connectivity index (χ1v) is 4.73. The minimum atomic E-state index is -0.750. The van der Waals surface area contributed by atoms with Crippen LogP contribution in [0.5, 0.6) is 0 Å². The topological polar surface area (TPSA) is 67.2 Å². The van der Waals surface area contributed by atoms with Gasteiger partial charge in [-0.1, -0.05) is 6.92 Å². The highest BCUT2D eigenvalue weighted by molar-refractivity contribution is 5.98. The smallest absolute Gasteiger partial charge is 0.316 e. The first-order chi connectivity index (χ1) is 6.67. The van der Waals surface area contributed by atoms with Gasteiger partial charge in [0, 0.05) is 12.8 Å². The van der Waals surface area contributed by atoms with Crippen LogP contribution < -0.4 is 0 Å². The van der Waals surface area contributed by atoms with Crippen LogP contribution in [0.1, 0.15) is 33.1 Å². The summed E-state index contributed by atoms with van der Waals surface area (Å²) in [6, 6.07) is 1.91. The van der Waals surface area contributed by atoms with Crippen molar-refractivity contribution < 1.29 is 14.3 Å². The predicted molar refractivity (Wildman–Crippen MR) is 50.3 cm³/mol. The largest absolute Gasteiger partial charge is 0.465 e. The Hall–Kier alpha value is -1.37. The van der Waals surface area contributed by atoms with E-state index in [1.807, 2.05) is 6.07 Å². The van der Waals surface area contributed by atoms with Crippen LogP contribution in [-0.4, -0.2) is 18.4 Å². The molecule has 0 aromatic carbocycles. The van der Waals surface area contributed by atoms with Crippen LogP contribution in [0.15, 0.2) is 0 Å². The molecule has 0 aromatic rings. The van der Waals surface area contributed by atoms with Crippen molar-refractivity contribution in [2.75, 3.05) is 6.61 Å². The molecule has 0 aliphatic rings. The van der Waals surface area contributed by atoms with Crippen LogP contribution in [0.25, 0.3) is 0 Å². The number of ketones is 1. The lowest BCUT2D eigenvalue weighted by molar-refractivity contribution is -0.151. The van der Waals surface area contributed by atoms with E-state index in [-0.39, 0.29) is 25.2 Å². The lowest BCUT2D eigenvalue weighted by atomic mass is 9.97. The van der Waals surface area contributed by atoms with Gasteiger partial charge in [-0.05, 0) is 13.3 Å². The van der Waals surface area contributed by atoms with Gasteiger partial charge in [0.1, 0.15) is 11.7 Å². The summed E-state index contributed by atoms with van der Waals surface area (Å²) in [6.07, 6.45) is 0.770. The zero-order valence-electron chi connectivity index (χ0n) is 8.58. The lowest BCUT2D eigenvalue weighted by Crippen LogP contribution is -2.25. The van der Waals surface area contributed by atoms with Gasteiger partial charge in [-0.3, -0.25) is 9.59 Å². The predicted octanol–water partition coefficient (Wildman–Crippen LogP) is 1.45. The zero-order valence-corrected chi connectivity index (χ0v) is 8.58. The SMILES string of the molecule is CCOC(=O)C(CCC#N)C(=O)CC. The van der Waals surface area contributed by atoms with E-state index >= 15 is 0 Å². The van der Waals surface area contributed by atoms with Gasteiger partial charge in [-0.2, -0.15) is 5.26 Å². The van der Waals surface area contributed by atoms with E-state index in [1.165, 1.54) is 0 Å². The van der Waals surface area contributed by atoms with Crippen LogP contribution >= 0.6 is 0 Å². The standard InChI is InChI=1S/C10H15NO3/c1-3-9(12)8(6-5-7-11)10(13)14-4-2/h8H,3-6H2,1-2H3. The number of Topliss-reactive ketones (excluding diaryl/α,β-unsaturated/α-hetero) is 1. The second-order valence-electron chi connectivity index (χ2n) is 2.82. The van der Waals surface area contributed by atoms with Crippen molar-refractivity contribution >= 4 is 11.8 Å². The zero-order chi connectivity index (χ0) is 11.0. The third-order valence-corrected chi connectivity index (χ3v) is 1.85. The summed E-state index contributed by atoms with van der Waals surface area (Å²) in [5.41, 5.74) is 0. The molecule has 4 nitrogen and oxygen atoms in total. The molecule has 1 atom stereocenters. The minimum absolute atomic E-state index is 0.154. The molecule has 0 aliphatic carbocycles. The average Bonchev–Trinajstić information content (AvgIpc) is 2.18. The fourth-order valence-corrected chi connectivity index (χ4v) is 1.11. The molecule has 0 spiro atoms. The summed E-state index contributed by atoms with van der Waals surface area (Å²) in [4.78, 5) is 22.6. The maximum absolute atomic E-state index is 11.3. The summed E-state index contributed by atoms with van der Waals surface area (Å²) >= 11 is 0. The van der Waals surface area contributed by atoms with Crippen molar-refractivity contribution in [3.8, 4) is 6.07 Å². The highest BCUT2D eigenvalue weighted by atomic mass is 16.5. The number of rotatable bonds is 6. The van der Waals surface area contributed by atoms with Crippen LogP contribution in [0.3, 0.4) is 0 Å². The van der Waals surface area contributed by atoms with Crippen molar-refractivity contribution in [1.29, 1.82) is 5.26 Å². The molecule has 0 radical (unpaired) electrons. The molecule has 0 aromatic heterocycles. The summed E-state index contributed by atoms with van der Waals surface area (Å²) in [6.45, 7) is 3.65. The Bertz CT molecular complexity index is 242. The van der Waals surface area contributed by atoms with E-state index in [1.54, 1.807) is 13.8 Å². The van der Waals surface area contributed by atoms with E-state index in [2.05, 4.69) is 0 Å². The molecule has 0 saturated carbocycles. The van der Waals surface area contributed by atoms with Gasteiger partial charge in [0.05, 0.1) is 12.7 Å². The van der Waals surface area contributed by atoms with Crippen LogP contribution in [0.4, 0.5) is 0 Å². The monoisotopic (exact) mass is 197 g/mol. The highest BCUT2D eigenvalue weighted by Crippen LogP contribution is 2.11. The third-order valence-electron chi connectivity index (χ3n) is 1.85. The molecule has 0 amide bonds. The molecule has 78 valence electrons. The number of ether oxygens (including phenoxy) is 1. The van der Waals surface area contributed by atoms with Gasteiger partial charge in [-0.25, -0.2) is 0 Å². The number of nitrogens with zero attached hydrogens (tertiary/aromatic N) is 1. The van der Waals surface area contributed by atoms with Crippen LogP contribution in [-0.2, 0) is 14.3 Å². The van der Waals surface area contributed by atoms with Crippen molar-refractivity contribution in [2.45, 2.75) is 33.1 Å². The first kappa shape index (κ1) is 12.6. The number of carbonyl (C=O) groups is 2. The van der Waals surface area contributed by atoms with Gasteiger partial charge in [0.15, 0.2) is 0 Å². The summed E-state index contributed by atoms with van der Waals surface area (Å²) in [7, 11) is 0. The molecule has 0 saturated heterocycles. The maximum Gasteiger partial charge on any atom is 0.316 e. The molecular formula is C10H15NO3. The molecular weight excluding hydrogens is 182 g/mol. The van der Waals surface area contributed by atoms with Gasteiger partial charge in [0.25, 0.3) is 0 Å². The number of nitriles is 1. The molecule has 14 heavy (non-hydrogen) atoms. The van der Waals surface area contributed by atoms with Crippen LogP contribution in [0.2, 0.25) is 0 Å². The first-order valence-electron chi connectivity index (χ1n) is 4.73. The second kappa shape index (κ2) is 7.07. The Balaban J connectivity index is 4.31. The molecule has 0 aliphatic heterocycles.